The minimum atomic E-state index is -0.549. The first-order valence-corrected chi connectivity index (χ1v) is 8.81. The van der Waals surface area contributed by atoms with Gasteiger partial charge in [0.25, 0.3) is 11.4 Å². The van der Waals surface area contributed by atoms with Gasteiger partial charge in [0.05, 0.1) is 23.2 Å². The third-order valence-corrected chi connectivity index (χ3v) is 3.96. The smallest absolute Gasteiger partial charge is 0.287 e. The van der Waals surface area contributed by atoms with Gasteiger partial charge in [0.1, 0.15) is 12.8 Å². The molecule has 0 aliphatic heterocycles. The Morgan fingerprint density at radius 3 is 2.48 bits per heavy atom. The standard InChI is InChI=1S/C20H16N4O7/c1-29-19-10-14(11-22-30-13-15-3-2-4-16(9-15)23(25)26)5-7-18(19)31-20-8-6-17(12-21-20)24(27)28/h2-12H,13H2,1H3/b22-11-. The second-order valence-corrected chi connectivity index (χ2v) is 6.06. The van der Waals surface area contributed by atoms with Crippen molar-refractivity contribution in [3.05, 3.63) is 92.1 Å². The molecule has 0 radical (unpaired) electrons. The fraction of sp³-hybridized carbons (Fsp3) is 0.100. The van der Waals surface area contributed by atoms with Gasteiger partial charge in [-0.3, -0.25) is 20.2 Å². The number of rotatable bonds is 9. The Kier molecular flexibility index (Phi) is 6.68. The third kappa shape index (κ3) is 5.73. The monoisotopic (exact) mass is 424 g/mol. The summed E-state index contributed by atoms with van der Waals surface area (Å²) in [7, 11) is 1.46. The molecule has 0 aliphatic carbocycles. The van der Waals surface area contributed by atoms with E-state index in [1.807, 2.05) is 0 Å². The number of hydrogen-bond donors (Lipinski definition) is 0. The fourth-order valence-electron chi connectivity index (χ4n) is 2.47. The molecule has 31 heavy (non-hydrogen) atoms. The Balaban J connectivity index is 1.63. The third-order valence-electron chi connectivity index (χ3n) is 3.96. The summed E-state index contributed by atoms with van der Waals surface area (Å²) in [5.41, 5.74) is 1.10. The summed E-state index contributed by atoms with van der Waals surface area (Å²) in [5, 5.41) is 25.3. The molecule has 158 valence electrons. The van der Waals surface area contributed by atoms with Crippen LogP contribution in [0.4, 0.5) is 11.4 Å². The van der Waals surface area contributed by atoms with Crippen molar-refractivity contribution in [2.45, 2.75) is 6.61 Å². The lowest BCUT2D eigenvalue weighted by Gasteiger charge is -2.10. The maximum absolute atomic E-state index is 10.8. The summed E-state index contributed by atoms with van der Waals surface area (Å²) in [5.74, 6) is 0.923. The van der Waals surface area contributed by atoms with E-state index in [1.54, 1.807) is 30.3 Å². The van der Waals surface area contributed by atoms with Crippen molar-refractivity contribution in [3.63, 3.8) is 0 Å². The lowest BCUT2D eigenvalue weighted by molar-refractivity contribution is -0.385. The van der Waals surface area contributed by atoms with E-state index in [0.717, 1.165) is 6.20 Å². The van der Waals surface area contributed by atoms with E-state index in [-0.39, 0.29) is 23.9 Å². The van der Waals surface area contributed by atoms with Gasteiger partial charge in [-0.2, -0.15) is 0 Å². The number of non-ortho nitro benzene ring substituents is 1. The molecule has 0 N–H and O–H groups in total. The zero-order valence-corrected chi connectivity index (χ0v) is 16.2. The van der Waals surface area contributed by atoms with Crippen LogP contribution in [0.3, 0.4) is 0 Å². The molecule has 0 amide bonds. The minimum absolute atomic E-state index is 0.0204. The molecule has 0 saturated carbocycles. The molecule has 0 saturated heterocycles. The fourth-order valence-corrected chi connectivity index (χ4v) is 2.47. The number of nitrogens with zero attached hydrogens (tertiary/aromatic N) is 4. The Labute approximate surface area is 175 Å². The predicted molar refractivity (Wildman–Crippen MR) is 109 cm³/mol. The van der Waals surface area contributed by atoms with Crippen molar-refractivity contribution in [2.24, 2.45) is 5.16 Å². The highest BCUT2D eigenvalue weighted by molar-refractivity contribution is 5.80. The number of pyridine rings is 1. The first-order chi connectivity index (χ1) is 15.0. The van der Waals surface area contributed by atoms with Crippen LogP contribution in [0.1, 0.15) is 11.1 Å². The largest absolute Gasteiger partial charge is 0.493 e. The van der Waals surface area contributed by atoms with Gasteiger partial charge in [-0.25, -0.2) is 4.98 Å². The molecule has 0 atom stereocenters. The average Bonchev–Trinajstić information content (AvgIpc) is 2.78. The summed E-state index contributed by atoms with van der Waals surface area (Å²) in [6, 6.07) is 13.7. The van der Waals surface area contributed by atoms with Crippen molar-refractivity contribution < 1.29 is 24.2 Å². The predicted octanol–water partition coefficient (Wildman–Crippen LogP) is 4.25. The Morgan fingerprint density at radius 2 is 1.81 bits per heavy atom. The van der Waals surface area contributed by atoms with Gasteiger partial charge in [0.15, 0.2) is 11.5 Å². The molecular formula is C20H16N4O7. The van der Waals surface area contributed by atoms with E-state index < -0.39 is 9.85 Å². The van der Waals surface area contributed by atoms with Gasteiger partial charge >= 0.3 is 0 Å². The first-order valence-electron chi connectivity index (χ1n) is 8.81. The molecule has 0 spiro atoms. The number of methoxy groups -OCH3 is 1. The van der Waals surface area contributed by atoms with Crippen LogP contribution in [-0.4, -0.2) is 28.2 Å². The van der Waals surface area contributed by atoms with Crippen molar-refractivity contribution in [3.8, 4) is 17.4 Å². The number of oxime groups is 1. The van der Waals surface area contributed by atoms with Crippen LogP contribution < -0.4 is 9.47 Å². The maximum atomic E-state index is 10.8. The highest BCUT2D eigenvalue weighted by Gasteiger charge is 2.10. The summed E-state index contributed by atoms with van der Waals surface area (Å²) in [6.45, 7) is 0.0717. The minimum Gasteiger partial charge on any atom is -0.493 e. The highest BCUT2D eigenvalue weighted by Crippen LogP contribution is 2.31. The van der Waals surface area contributed by atoms with Crippen LogP contribution in [0.25, 0.3) is 0 Å². The summed E-state index contributed by atoms with van der Waals surface area (Å²) in [6.07, 6.45) is 2.55. The SMILES string of the molecule is COc1cc(/C=N\OCc2cccc([N+](=O)[O-])c2)ccc1Oc1ccc([N+](=O)[O-])cn1. The number of aromatic nitrogens is 1. The zero-order valence-electron chi connectivity index (χ0n) is 16.2. The van der Waals surface area contributed by atoms with Crippen molar-refractivity contribution in [1.82, 2.24) is 4.98 Å². The molecule has 11 heteroatoms. The normalized spacial score (nSPS) is 10.6. The van der Waals surface area contributed by atoms with Crippen LogP contribution in [0.2, 0.25) is 0 Å². The van der Waals surface area contributed by atoms with Gasteiger partial charge in [0.2, 0.25) is 5.88 Å². The molecular weight excluding hydrogens is 408 g/mol. The lowest BCUT2D eigenvalue weighted by atomic mass is 10.2. The topological polar surface area (TPSA) is 139 Å². The molecule has 1 aromatic heterocycles. The van der Waals surface area contributed by atoms with E-state index in [4.69, 9.17) is 14.3 Å². The number of nitro groups is 2. The van der Waals surface area contributed by atoms with Crippen molar-refractivity contribution in [2.75, 3.05) is 7.11 Å². The summed E-state index contributed by atoms with van der Waals surface area (Å²) >= 11 is 0. The average molecular weight is 424 g/mol. The summed E-state index contributed by atoms with van der Waals surface area (Å²) in [4.78, 5) is 29.6. The molecule has 3 aromatic rings. The number of hydrogen-bond acceptors (Lipinski definition) is 9. The van der Waals surface area contributed by atoms with Crippen LogP contribution in [0, 0.1) is 20.2 Å². The van der Waals surface area contributed by atoms with Gasteiger partial charge in [-0.15, -0.1) is 0 Å². The molecule has 11 nitrogen and oxygen atoms in total. The number of ether oxygens (including phenoxy) is 2. The van der Waals surface area contributed by atoms with Gasteiger partial charge < -0.3 is 14.3 Å². The molecule has 0 aliphatic rings. The first kappa shape index (κ1) is 21.2. The van der Waals surface area contributed by atoms with Gasteiger partial charge in [0, 0.05) is 29.8 Å². The molecule has 0 unspecified atom stereocenters. The van der Waals surface area contributed by atoms with E-state index in [0.29, 0.717) is 22.6 Å². The second-order valence-electron chi connectivity index (χ2n) is 6.06. The zero-order chi connectivity index (χ0) is 22.2. The molecule has 3 rings (SSSR count). The Bertz CT molecular complexity index is 1120. The molecule has 2 aromatic carbocycles. The van der Waals surface area contributed by atoms with E-state index >= 15 is 0 Å². The van der Waals surface area contributed by atoms with Crippen LogP contribution >= 0.6 is 0 Å². The molecule has 0 fully saturated rings. The Hall–Kier alpha value is -4.54. The quantitative estimate of drug-likeness (QED) is 0.282. The van der Waals surface area contributed by atoms with Crippen molar-refractivity contribution in [1.29, 1.82) is 0 Å². The van der Waals surface area contributed by atoms with Crippen LogP contribution in [-0.2, 0) is 11.4 Å². The second kappa shape index (κ2) is 9.78. The molecule has 1 heterocycles. The number of nitro benzene ring substituents is 1. The number of benzene rings is 2. The van der Waals surface area contributed by atoms with Crippen LogP contribution in [0.15, 0.2) is 65.9 Å². The lowest BCUT2D eigenvalue weighted by Crippen LogP contribution is -1.95. The molecule has 0 bridgehead atoms. The van der Waals surface area contributed by atoms with E-state index in [2.05, 4.69) is 10.1 Å². The van der Waals surface area contributed by atoms with Gasteiger partial charge in [-0.1, -0.05) is 17.3 Å². The maximum Gasteiger partial charge on any atom is 0.287 e. The van der Waals surface area contributed by atoms with Gasteiger partial charge in [-0.05, 0) is 23.8 Å². The van der Waals surface area contributed by atoms with Crippen molar-refractivity contribution >= 4 is 17.6 Å². The van der Waals surface area contributed by atoms with E-state index in [1.165, 1.54) is 37.6 Å². The summed E-state index contributed by atoms with van der Waals surface area (Å²) < 4.78 is 10.9. The van der Waals surface area contributed by atoms with Crippen LogP contribution in [0.5, 0.6) is 17.4 Å². The highest BCUT2D eigenvalue weighted by atomic mass is 16.6. The van der Waals surface area contributed by atoms with E-state index in [9.17, 15) is 20.2 Å². The Morgan fingerprint density at radius 1 is 1.00 bits per heavy atom.